The lowest BCUT2D eigenvalue weighted by molar-refractivity contribution is -0.137. The van der Waals surface area contributed by atoms with Gasteiger partial charge in [0.25, 0.3) is 0 Å². The Balaban J connectivity index is 1.22. The van der Waals surface area contributed by atoms with Crippen LogP contribution in [0.1, 0.15) is 68.9 Å². The van der Waals surface area contributed by atoms with Gasteiger partial charge in [0.05, 0.1) is 31.3 Å². The van der Waals surface area contributed by atoms with E-state index in [0.29, 0.717) is 48.8 Å². The lowest BCUT2D eigenvalue weighted by atomic mass is 9.55. The molecule has 1 saturated carbocycles. The molecule has 2 N–H and O–H groups in total. The monoisotopic (exact) mass is 560 g/mol. The largest absolute Gasteiger partial charge is 0.348 e. The number of likely N-dealkylation sites (tertiary alicyclic amines) is 1. The Morgan fingerprint density at radius 2 is 2.05 bits per heavy atom. The summed E-state index contributed by atoms with van der Waals surface area (Å²) >= 11 is 0. The fourth-order valence-corrected chi connectivity index (χ4v) is 8.85. The number of piperazine rings is 1. The van der Waals surface area contributed by atoms with Gasteiger partial charge in [0.1, 0.15) is 0 Å². The highest BCUT2D eigenvalue weighted by molar-refractivity contribution is 5.87. The summed E-state index contributed by atoms with van der Waals surface area (Å²) in [4.78, 5) is 19.3. The van der Waals surface area contributed by atoms with Gasteiger partial charge in [-0.25, -0.2) is 0 Å². The predicted octanol–water partition coefficient (Wildman–Crippen LogP) is 3.42. The molecular formula is C33H48N6O2. The van der Waals surface area contributed by atoms with Crippen LogP contribution >= 0.6 is 0 Å². The number of nitrogens with one attached hydrogen (secondary N) is 2. The van der Waals surface area contributed by atoms with Crippen molar-refractivity contribution in [3.05, 3.63) is 48.0 Å². The first-order valence-corrected chi connectivity index (χ1v) is 15.9. The molecule has 7 unspecified atom stereocenters. The molecule has 1 aromatic carbocycles. The van der Waals surface area contributed by atoms with Gasteiger partial charge in [0.2, 0.25) is 5.91 Å². The molecule has 1 spiro atoms. The van der Waals surface area contributed by atoms with Crippen molar-refractivity contribution >= 4 is 5.91 Å². The topological polar surface area (TPSA) is 83.9 Å². The van der Waals surface area contributed by atoms with E-state index in [4.69, 9.17) is 4.74 Å². The lowest BCUT2D eigenvalue weighted by Gasteiger charge is -2.57. The van der Waals surface area contributed by atoms with E-state index in [9.17, 15) is 10.1 Å². The Labute approximate surface area is 246 Å². The zero-order valence-electron chi connectivity index (χ0n) is 24.9. The van der Waals surface area contributed by atoms with Gasteiger partial charge in [-0.05, 0) is 87.1 Å². The van der Waals surface area contributed by atoms with Crippen LogP contribution in [0, 0.1) is 22.7 Å². The molecule has 4 fully saturated rings. The second-order valence-corrected chi connectivity index (χ2v) is 13.3. The highest BCUT2D eigenvalue weighted by Crippen LogP contribution is 2.55. The number of benzene rings is 1. The van der Waals surface area contributed by atoms with Crippen LogP contribution in [0.5, 0.6) is 0 Å². The smallest absolute Gasteiger partial charge is 0.246 e. The van der Waals surface area contributed by atoms with Crippen molar-refractivity contribution in [2.75, 3.05) is 39.8 Å². The summed E-state index contributed by atoms with van der Waals surface area (Å²) < 4.78 is 6.60. The van der Waals surface area contributed by atoms with Crippen molar-refractivity contribution < 1.29 is 9.53 Å². The van der Waals surface area contributed by atoms with Crippen molar-refractivity contribution in [1.29, 1.82) is 5.26 Å². The van der Waals surface area contributed by atoms with E-state index >= 15 is 0 Å². The molecule has 0 aromatic heterocycles. The summed E-state index contributed by atoms with van der Waals surface area (Å²) in [5.74, 6) is 0.918. The highest BCUT2D eigenvalue weighted by Gasteiger charge is 2.52. The maximum Gasteiger partial charge on any atom is 0.246 e. The van der Waals surface area contributed by atoms with E-state index in [1.54, 1.807) is 5.56 Å². The molecule has 6 rings (SSSR count). The Morgan fingerprint density at radius 3 is 2.83 bits per heavy atom. The van der Waals surface area contributed by atoms with Gasteiger partial charge < -0.3 is 14.5 Å². The molecule has 3 aliphatic heterocycles. The minimum atomic E-state index is -0.209. The van der Waals surface area contributed by atoms with Crippen LogP contribution in [0.2, 0.25) is 0 Å². The minimum absolute atomic E-state index is 0.0749. The number of fused-ring (bicyclic) bond motifs is 2. The molecule has 5 aliphatic rings. The summed E-state index contributed by atoms with van der Waals surface area (Å²) in [5.41, 5.74) is 3.38. The Hall–Kier alpha value is -2.28. The molecule has 8 nitrogen and oxygen atoms in total. The van der Waals surface area contributed by atoms with Crippen molar-refractivity contribution in [3.8, 4) is 6.07 Å². The summed E-state index contributed by atoms with van der Waals surface area (Å²) in [7, 11) is 2.20. The average molecular weight is 561 g/mol. The van der Waals surface area contributed by atoms with Gasteiger partial charge in [-0.3, -0.25) is 20.3 Å². The number of carbonyl (C=O) groups is 1. The third kappa shape index (κ3) is 5.60. The summed E-state index contributed by atoms with van der Waals surface area (Å²) in [6, 6.07) is 12.1. The van der Waals surface area contributed by atoms with Crippen LogP contribution in [0.4, 0.5) is 0 Å². The molecule has 1 aromatic rings. The predicted molar refractivity (Wildman–Crippen MR) is 160 cm³/mol. The number of ether oxygens (including phenoxy) is 1. The Kier molecular flexibility index (Phi) is 8.54. The van der Waals surface area contributed by atoms with Gasteiger partial charge in [0.15, 0.2) is 6.35 Å². The van der Waals surface area contributed by atoms with Crippen LogP contribution in [0.15, 0.2) is 36.9 Å². The normalized spacial score (nSPS) is 37.8. The van der Waals surface area contributed by atoms with Crippen LogP contribution in [0.3, 0.4) is 0 Å². The molecular weight excluding hydrogens is 512 g/mol. The number of nitrogens with zero attached hydrogens (tertiary/aromatic N) is 4. The average Bonchev–Trinajstić information content (AvgIpc) is 3.41. The van der Waals surface area contributed by atoms with Gasteiger partial charge >= 0.3 is 0 Å². The van der Waals surface area contributed by atoms with E-state index in [1.807, 2.05) is 4.90 Å². The van der Waals surface area contributed by atoms with Gasteiger partial charge in [-0.15, -0.1) is 0 Å². The van der Waals surface area contributed by atoms with Crippen molar-refractivity contribution in [1.82, 2.24) is 25.3 Å². The number of aryl methyl sites for hydroxylation is 1. The molecule has 3 heterocycles. The number of hydrogen-bond donors (Lipinski definition) is 2. The summed E-state index contributed by atoms with van der Waals surface area (Å²) in [6.07, 6.45) is 10.1. The van der Waals surface area contributed by atoms with E-state index in [0.717, 1.165) is 32.5 Å². The molecule has 8 heteroatoms. The molecule has 1 amide bonds. The third-order valence-electron chi connectivity index (χ3n) is 11.4. The van der Waals surface area contributed by atoms with Crippen molar-refractivity contribution in [2.45, 2.75) is 94.9 Å². The quantitative estimate of drug-likeness (QED) is 0.516. The number of hydrogen-bond acceptors (Lipinski definition) is 7. The first-order chi connectivity index (χ1) is 19.9. The molecule has 0 radical (unpaired) electrons. The Bertz CT molecular complexity index is 1150. The molecule has 3 saturated heterocycles. The molecule has 41 heavy (non-hydrogen) atoms. The number of carbonyl (C=O) groups excluding carboxylic acids is 1. The second-order valence-electron chi connectivity index (χ2n) is 13.3. The van der Waals surface area contributed by atoms with Crippen LogP contribution < -0.4 is 10.6 Å². The van der Waals surface area contributed by atoms with Gasteiger partial charge in [-0.1, -0.05) is 37.8 Å². The van der Waals surface area contributed by atoms with E-state index in [-0.39, 0.29) is 24.5 Å². The maximum atomic E-state index is 12.6. The SMILES string of the molecule is C=CC(=O)N1CCN(C2NC(OCC3CCCN3C)NC3C[C@]4(CCc5ccccc5C4C)CCC32)CC1CC#N. The standard InChI is InChI=1S/C33H48N6O2/c1-4-30(40)39-19-18-38(21-25(39)13-16-34)31-28-12-15-33(14-11-24-8-5-6-10-27(24)23(33)2)20-29(28)35-32(36-31)41-22-26-9-7-17-37(26)3/h4-6,8,10,23,25-26,28-29,31-32,35-36H,1,7,9,11-15,17-22H2,2-3H3/t23?,25?,26?,28?,29?,31?,32?,33-/m0/s1. The summed E-state index contributed by atoms with van der Waals surface area (Å²) in [5, 5.41) is 17.4. The highest BCUT2D eigenvalue weighted by atomic mass is 16.5. The molecule has 0 bridgehead atoms. The first-order valence-electron chi connectivity index (χ1n) is 15.9. The molecule has 8 atom stereocenters. The van der Waals surface area contributed by atoms with Crippen molar-refractivity contribution in [2.24, 2.45) is 11.3 Å². The summed E-state index contributed by atoms with van der Waals surface area (Å²) in [6.45, 7) is 10.1. The number of likely N-dealkylation sites (N-methyl/N-ethyl adjacent to an activating group) is 1. The van der Waals surface area contributed by atoms with Crippen LogP contribution in [-0.2, 0) is 16.0 Å². The van der Waals surface area contributed by atoms with Gasteiger partial charge in [-0.2, -0.15) is 5.26 Å². The molecule has 2 aliphatic carbocycles. The zero-order chi connectivity index (χ0) is 28.6. The maximum absolute atomic E-state index is 12.6. The van der Waals surface area contributed by atoms with Gasteiger partial charge in [0, 0.05) is 37.6 Å². The fraction of sp³-hybridized carbons (Fsp3) is 0.697. The third-order valence-corrected chi connectivity index (χ3v) is 11.4. The fourth-order valence-electron chi connectivity index (χ4n) is 8.85. The Morgan fingerprint density at radius 1 is 1.20 bits per heavy atom. The van der Waals surface area contributed by atoms with E-state index < -0.39 is 0 Å². The second kappa shape index (κ2) is 12.1. The minimum Gasteiger partial charge on any atom is -0.348 e. The number of nitriles is 1. The molecule has 222 valence electrons. The lowest BCUT2D eigenvalue weighted by Crippen LogP contribution is -2.72. The van der Waals surface area contributed by atoms with E-state index in [2.05, 4.69) is 71.3 Å². The van der Waals surface area contributed by atoms with Crippen molar-refractivity contribution in [3.63, 3.8) is 0 Å². The zero-order valence-corrected chi connectivity index (χ0v) is 24.9. The number of amides is 1. The first kappa shape index (κ1) is 28.8. The van der Waals surface area contributed by atoms with Crippen LogP contribution in [0.25, 0.3) is 0 Å². The van der Waals surface area contributed by atoms with Crippen LogP contribution in [-0.4, -0.2) is 91.1 Å². The van der Waals surface area contributed by atoms with E-state index in [1.165, 1.54) is 43.7 Å². The number of rotatable bonds is 6.